The van der Waals surface area contributed by atoms with Crippen LogP contribution in [0.1, 0.15) is 28.7 Å². The van der Waals surface area contributed by atoms with Gasteiger partial charge < -0.3 is 9.84 Å². The zero-order valence-electron chi connectivity index (χ0n) is 12.5. The van der Waals surface area contributed by atoms with Crippen molar-refractivity contribution in [3.05, 3.63) is 41.3 Å². The Morgan fingerprint density at radius 1 is 1.18 bits per heavy atom. The molecule has 0 fully saturated rings. The Kier molecular flexibility index (Phi) is 4.51. The molecule has 0 atom stereocenters. The number of amides is 1. The number of nitrogens with one attached hydrogen (secondary N) is 2. The number of anilines is 2. The topological polar surface area (TPSA) is 101 Å². The van der Waals surface area contributed by atoms with Crippen molar-refractivity contribution >= 4 is 27.3 Å². The summed E-state index contributed by atoms with van der Waals surface area (Å²) in [6, 6.07) is 6.39. The van der Waals surface area contributed by atoms with Crippen LogP contribution in [0.15, 0.2) is 28.8 Å². The second-order valence-electron chi connectivity index (χ2n) is 4.74. The van der Waals surface area contributed by atoms with Gasteiger partial charge in [-0.2, -0.15) is 0 Å². The van der Waals surface area contributed by atoms with E-state index in [9.17, 15) is 13.2 Å². The van der Waals surface area contributed by atoms with E-state index in [0.717, 1.165) is 0 Å². The van der Waals surface area contributed by atoms with Crippen LogP contribution in [0.5, 0.6) is 0 Å². The van der Waals surface area contributed by atoms with Crippen LogP contribution in [0.2, 0.25) is 0 Å². The molecule has 1 aromatic heterocycles. The zero-order valence-corrected chi connectivity index (χ0v) is 13.3. The van der Waals surface area contributed by atoms with Crippen LogP contribution in [0.3, 0.4) is 0 Å². The van der Waals surface area contributed by atoms with Crippen molar-refractivity contribution in [2.45, 2.75) is 20.8 Å². The van der Waals surface area contributed by atoms with Crippen molar-refractivity contribution in [2.75, 3.05) is 15.8 Å². The summed E-state index contributed by atoms with van der Waals surface area (Å²) in [5.74, 6) is 0.123. The summed E-state index contributed by atoms with van der Waals surface area (Å²) < 4.78 is 30.3. The van der Waals surface area contributed by atoms with E-state index in [1.54, 1.807) is 45.0 Å². The molecule has 1 amide bonds. The van der Waals surface area contributed by atoms with Crippen LogP contribution in [0.4, 0.5) is 11.4 Å². The number of carbonyl (C=O) groups excluding carboxylic acids is 1. The van der Waals surface area contributed by atoms with Gasteiger partial charge in [0.2, 0.25) is 10.0 Å². The first-order valence-electron chi connectivity index (χ1n) is 6.67. The molecule has 0 aliphatic rings. The maximum atomic E-state index is 12.2. The molecule has 0 unspecified atom stereocenters. The number of aromatic nitrogens is 1. The normalized spacial score (nSPS) is 11.2. The fourth-order valence-corrected chi connectivity index (χ4v) is 2.51. The molecule has 0 aliphatic heterocycles. The van der Waals surface area contributed by atoms with Gasteiger partial charge in [0.1, 0.15) is 11.3 Å². The number of hydrogen-bond acceptors (Lipinski definition) is 5. The van der Waals surface area contributed by atoms with Gasteiger partial charge in [-0.25, -0.2) is 8.42 Å². The van der Waals surface area contributed by atoms with E-state index in [2.05, 4.69) is 15.2 Å². The lowest BCUT2D eigenvalue weighted by Gasteiger charge is -2.08. The molecule has 7 nitrogen and oxygen atoms in total. The van der Waals surface area contributed by atoms with Crippen LogP contribution in [-0.4, -0.2) is 25.2 Å². The van der Waals surface area contributed by atoms with Gasteiger partial charge in [-0.05, 0) is 45.0 Å². The van der Waals surface area contributed by atoms with Crippen LogP contribution in [0, 0.1) is 13.8 Å². The molecule has 0 saturated heterocycles. The molecular formula is C14H17N3O4S. The third-order valence-corrected chi connectivity index (χ3v) is 4.36. The summed E-state index contributed by atoms with van der Waals surface area (Å²) in [5, 5.41) is 6.44. The van der Waals surface area contributed by atoms with Crippen LogP contribution >= 0.6 is 0 Å². The minimum atomic E-state index is -3.31. The number of aryl methyl sites for hydroxylation is 2. The second-order valence-corrected chi connectivity index (χ2v) is 6.75. The minimum Gasteiger partial charge on any atom is -0.361 e. The SMILES string of the molecule is CCS(=O)(=O)Nc1ccc(NC(=O)c2c(C)noc2C)cc1. The van der Waals surface area contributed by atoms with Crippen LogP contribution in [-0.2, 0) is 10.0 Å². The van der Waals surface area contributed by atoms with Crippen LogP contribution < -0.4 is 10.0 Å². The second kappa shape index (κ2) is 6.18. The summed E-state index contributed by atoms with van der Waals surface area (Å²) in [6.07, 6.45) is 0. The predicted octanol–water partition coefficient (Wildman–Crippen LogP) is 2.31. The van der Waals surface area contributed by atoms with E-state index in [-0.39, 0.29) is 11.7 Å². The molecule has 0 spiro atoms. The van der Waals surface area contributed by atoms with Crippen molar-refractivity contribution in [3.8, 4) is 0 Å². The molecular weight excluding hydrogens is 306 g/mol. The maximum absolute atomic E-state index is 12.2. The maximum Gasteiger partial charge on any atom is 0.261 e. The highest BCUT2D eigenvalue weighted by Gasteiger charge is 2.17. The Labute approximate surface area is 128 Å². The summed E-state index contributed by atoms with van der Waals surface area (Å²) >= 11 is 0. The highest BCUT2D eigenvalue weighted by molar-refractivity contribution is 7.92. The fourth-order valence-electron chi connectivity index (χ4n) is 1.87. The number of hydrogen-bond donors (Lipinski definition) is 2. The molecule has 1 aromatic carbocycles. The molecule has 0 aliphatic carbocycles. The largest absolute Gasteiger partial charge is 0.361 e. The lowest BCUT2D eigenvalue weighted by atomic mass is 10.2. The van der Waals surface area contributed by atoms with Gasteiger partial charge >= 0.3 is 0 Å². The summed E-state index contributed by atoms with van der Waals surface area (Å²) in [6.45, 7) is 4.91. The van der Waals surface area contributed by atoms with E-state index in [4.69, 9.17) is 4.52 Å². The van der Waals surface area contributed by atoms with Gasteiger partial charge in [0.05, 0.1) is 11.4 Å². The average molecular weight is 323 g/mol. The van der Waals surface area contributed by atoms with E-state index in [0.29, 0.717) is 28.4 Å². The van der Waals surface area contributed by atoms with Gasteiger partial charge in [-0.15, -0.1) is 0 Å². The van der Waals surface area contributed by atoms with Gasteiger partial charge in [-0.1, -0.05) is 5.16 Å². The van der Waals surface area contributed by atoms with Crippen LogP contribution in [0.25, 0.3) is 0 Å². The number of sulfonamides is 1. The Morgan fingerprint density at radius 2 is 1.77 bits per heavy atom. The zero-order chi connectivity index (χ0) is 16.3. The molecule has 0 saturated carbocycles. The molecule has 2 aromatic rings. The highest BCUT2D eigenvalue weighted by atomic mass is 32.2. The molecule has 0 bridgehead atoms. The van der Waals surface area contributed by atoms with E-state index in [1.807, 2.05) is 0 Å². The first kappa shape index (κ1) is 16.0. The number of carbonyl (C=O) groups is 1. The monoisotopic (exact) mass is 323 g/mol. The van der Waals surface area contributed by atoms with Crippen molar-refractivity contribution in [1.29, 1.82) is 0 Å². The lowest BCUT2D eigenvalue weighted by molar-refractivity contribution is 0.102. The number of benzene rings is 1. The Bertz CT molecular complexity index is 759. The first-order chi connectivity index (χ1) is 10.3. The van der Waals surface area contributed by atoms with Gasteiger partial charge in [0, 0.05) is 11.4 Å². The average Bonchev–Trinajstić information content (AvgIpc) is 2.80. The highest BCUT2D eigenvalue weighted by Crippen LogP contribution is 2.18. The van der Waals surface area contributed by atoms with Gasteiger partial charge in [-0.3, -0.25) is 9.52 Å². The summed E-state index contributed by atoms with van der Waals surface area (Å²) in [4.78, 5) is 12.2. The summed E-state index contributed by atoms with van der Waals surface area (Å²) in [7, 11) is -3.31. The Morgan fingerprint density at radius 3 is 2.27 bits per heavy atom. The lowest BCUT2D eigenvalue weighted by Crippen LogP contribution is -2.15. The van der Waals surface area contributed by atoms with Crippen molar-refractivity contribution in [1.82, 2.24) is 5.16 Å². The van der Waals surface area contributed by atoms with Gasteiger partial charge in [0.25, 0.3) is 5.91 Å². The molecule has 8 heteroatoms. The van der Waals surface area contributed by atoms with E-state index < -0.39 is 10.0 Å². The molecule has 1 heterocycles. The molecule has 0 radical (unpaired) electrons. The number of rotatable bonds is 5. The van der Waals surface area contributed by atoms with Crippen molar-refractivity contribution < 1.29 is 17.7 Å². The quantitative estimate of drug-likeness (QED) is 0.879. The molecule has 22 heavy (non-hydrogen) atoms. The van der Waals surface area contributed by atoms with Crippen molar-refractivity contribution in [3.63, 3.8) is 0 Å². The van der Waals surface area contributed by atoms with Gasteiger partial charge in [0.15, 0.2) is 0 Å². The predicted molar refractivity (Wildman–Crippen MR) is 83.5 cm³/mol. The summed E-state index contributed by atoms with van der Waals surface area (Å²) in [5.41, 5.74) is 1.90. The first-order valence-corrected chi connectivity index (χ1v) is 8.32. The minimum absolute atomic E-state index is 0.00245. The van der Waals surface area contributed by atoms with E-state index in [1.165, 1.54) is 0 Å². The van der Waals surface area contributed by atoms with Crippen molar-refractivity contribution in [2.24, 2.45) is 0 Å². The van der Waals surface area contributed by atoms with E-state index >= 15 is 0 Å². The number of nitrogens with zero attached hydrogens (tertiary/aromatic N) is 1. The Balaban J connectivity index is 2.10. The smallest absolute Gasteiger partial charge is 0.261 e. The third-order valence-electron chi connectivity index (χ3n) is 3.06. The fraction of sp³-hybridized carbons (Fsp3) is 0.286. The Hall–Kier alpha value is -2.35. The molecule has 2 rings (SSSR count). The molecule has 2 N–H and O–H groups in total. The third kappa shape index (κ3) is 3.64. The molecule has 118 valence electrons. The standard InChI is InChI=1S/C14H17N3O4S/c1-4-22(19,20)17-12-7-5-11(6-8-12)15-14(18)13-9(2)16-21-10(13)3/h5-8,17H,4H2,1-3H3,(H,15,18).